The fourth-order valence-electron chi connectivity index (χ4n) is 3.14. The van der Waals surface area contributed by atoms with Crippen LogP contribution in [0.15, 0.2) is 54.6 Å². The van der Waals surface area contributed by atoms with E-state index < -0.39 is 0 Å². The number of benzene rings is 2. The lowest BCUT2D eigenvalue weighted by atomic mass is 10.0. The SMILES string of the molecule is Nc1nc(-c2ccccc2)c(C(=O)N2CCCc3ccccc32)s1. The minimum absolute atomic E-state index is 0.0183. The number of fused-ring (bicyclic) bond motifs is 1. The number of carbonyl (C=O) groups excluding carboxylic acids is 1. The van der Waals surface area contributed by atoms with Gasteiger partial charge < -0.3 is 10.6 Å². The van der Waals surface area contributed by atoms with Crippen LogP contribution in [0.25, 0.3) is 11.3 Å². The molecule has 0 saturated heterocycles. The molecule has 1 aliphatic heterocycles. The van der Waals surface area contributed by atoms with Gasteiger partial charge in [0.1, 0.15) is 4.88 Å². The van der Waals surface area contributed by atoms with Crippen molar-refractivity contribution in [2.45, 2.75) is 12.8 Å². The highest BCUT2D eigenvalue weighted by atomic mass is 32.1. The minimum Gasteiger partial charge on any atom is -0.375 e. The number of anilines is 2. The predicted octanol–water partition coefficient (Wildman–Crippen LogP) is 3.99. The van der Waals surface area contributed by atoms with E-state index in [9.17, 15) is 4.79 Å². The van der Waals surface area contributed by atoms with Crippen LogP contribution in [0.1, 0.15) is 21.7 Å². The first kappa shape index (κ1) is 14.9. The Morgan fingerprint density at radius 3 is 2.67 bits per heavy atom. The Labute approximate surface area is 144 Å². The fraction of sp³-hybridized carbons (Fsp3) is 0.158. The first-order valence-corrected chi connectivity index (χ1v) is 8.77. The lowest BCUT2D eigenvalue weighted by molar-refractivity contribution is 0.0989. The van der Waals surface area contributed by atoms with Gasteiger partial charge in [-0.2, -0.15) is 0 Å². The number of aryl methyl sites for hydroxylation is 1. The van der Waals surface area contributed by atoms with Gasteiger partial charge in [-0.15, -0.1) is 0 Å². The molecule has 120 valence electrons. The van der Waals surface area contributed by atoms with E-state index >= 15 is 0 Å². The standard InChI is InChI=1S/C19H17N3OS/c20-19-21-16(14-8-2-1-3-9-14)17(24-19)18(23)22-12-6-10-13-7-4-5-11-15(13)22/h1-5,7-9,11H,6,10,12H2,(H2,20,21). The maximum atomic E-state index is 13.2. The van der Waals surface area contributed by atoms with Crippen LogP contribution in [-0.4, -0.2) is 17.4 Å². The molecule has 0 atom stereocenters. The van der Waals surface area contributed by atoms with E-state index in [0.717, 1.165) is 30.6 Å². The minimum atomic E-state index is -0.0183. The number of nitrogens with two attached hydrogens (primary N) is 1. The van der Waals surface area contributed by atoms with E-state index in [-0.39, 0.29) is 5.91 Å². The largest absolute Gasteiger partial charge is 0.375 e. The van der Waals surface area contributed by atoms with E-state index in [1.165, 1.54) is 16.9 Å². The zero-order valence-electron chi connectivity index (χ0n) is 13.1. The van der Waals surface area contributed by atoms with Crippen LogP contribution in [-0.2, 0) is 6.42 Å². The summed E-state index contributed by atoms with van der Waals surface area (Å²) < 4.78 is 0. The number of carbonyl (C=O) groups is 1. The molecule has 0 saturated carbocycles. The van der Waals surface area contributed by atoms with Gasteiger partial charge in [0.2, 0.25) is 0 Å². The molecule has 0 aliphatic carbocycles. The topological polar surface area (TPSA) is 59.2 Å². The smallest absolute Gasteiger partial charge is 0.270 e. The van der Waals surface area contributed by atoms with Crippen molar-refractivity contribution < 1.29 is 4.79 Å². The second-order valence-electron chi connectivity index (χ2n) is 5.78. The molecule has 0 fully saturated rings. The van der Waals surface area contributed by atoms with Crippen LogP contribution < -0.4 is 10.6 Å². The van der Waals surface area contributed by atoms with Gasteiger partial charge in [0.25, 0.3) is 5.91 Å². The maximum absolute atomic E-state index is 13.2. The quantitative estimate of drug-likeness (QED) is 0.770. The van der Waals surface area contributed by atoms with Gasteiger partial charge in [0.15, 0.2) is 5.13 Å². The number of aromatic nitrogens is 1. The molecule has 0 bridgehead atoms. The predicted molar refractivity (Wildman–Crippen MR) is 98.4 cm³/mol. The second kappa shape index (κ2) is 6.09. The Bertz CT molecular complexity index is 889. The normalized spacial score (nSPS) is 13.6. The molecule has 5 heteroatoms. The lowest BCUT2D eigenvalue weighted by Gasteiger charge is -2.29. The van der Waals surface area contributed by atoms with E-state index in [4.69, 9.17) is 5.73 Å². The summed E-state index contributed by atoms with van der Waals surface area (Å²) in [5, 5.41) is 0.419. The molecule has 2 N–H and O–H groups in total. The van der Waals surface area contributed by atoms with Gasteiger partial charge in [0, 0.05) is 17.8 Å². The number of amides is 1. The van der Waals surface area contributed by atoms with Gasteiger partial charge in [-0.25, -0.2) is 4.98 Å². The Hall–Kier alpha value is -2.66. The molecular weight excluding hydrogens is 318 g/mol. The number of nitrogen functional groups attached to an aromatic ring is 1. The molecule has 2 heterocycles. The van der Waals surface area contributed by atoms with Gasteiger partial charge in [0.05, 0.1) is 5.69 Å². The molecule has 1 aromatic heterocycles. The zero-order chi connectivity index (χ0) is 16.5. The van der Waals surface area contributed by atoms with Gasteiger partial charge in [-0.1, -0.05) is 59.9 Å². The van der Waals surface area contributed by atoms with Crippen molar-refractivity contribution in [1.82, 2.24) is 4.98 Å². The van der Waals surface area contributed by atoms with Gasteiger partial charge >= 0.3 is 0 Å². The van der Waals surface area contributed by atoms with Crippen molar-refractivity contribution in [3.8, 4) is 11.3 Å². The third-order valence-corrected chi connectivity index (χ3v) is 5.11. The van der Waals surface area contributed by atoms with Crippen LogP contribution in [0.4, 0.5) is 10.8 Å². The molecule has 3 aromatic rings. The molecular formula is C19H17N3OS. The number of hydrogen-bond acceptors (Lipinski definition) is 4. The summed E-state index contributed by atoms with van der Waals surface area (Å²) >= 11 is 1.26. The van der Waals surface area contributed by atoms with E-state index in [1.54, 1.807) is 0 Å². The van der Waals surface area contributed by atoms with Crippen molar-refractivity contribution in [1.29, 1.82) is 0 Å². The van der Waals surface area contributed by atoms with Crippen molar-refractivity contribution in [2.75, 3.05) is 17.2 Å². The Morgan fingerprint density at radius 1 is 1.08 bits per heavy atom. The monoisotopic (exact) mass is 335 g/mol. The molecule has 1 amide bonds. The maximum Gasteiger partial charge on any atom is 0.270 e. The van der Waals surface area contributed by atoms with Crippen LogP contribution in [0, 0.1) is 0 Å². The molecule has 0 unspecified atom stereocenters. The summed E-state index contributed by atoms with van der Waals surface area (Å²) in [6.45, 7) is 0.724. The fourth-order valence-corrected chi connectivity index (χ4v) is 3.94. The van der Waals surface area contributed by atoms with E-state index in [2.05, 4.69) is 11.1 Å². The zero-order valence-corrected chi connectivity index (χ0v) is 13.9. The third kappa shape index (κ3) is 2.57. The van der Waals surface area contributed by atoms with E-state index in [0.29, 0.717) is 15.7 Å². The van der Waals surface area contributed by atoms with Crippen molar-refractivity contribution in [3.05, 3.63) is 65.0 Å². The lowest BCUT2D eigenvalue weighted by Crippen LogP contribution is -2.35. The highest BCUT2D eigenvalue weighted by Crippen LogP contribution is 2.34. The Kier molecular flexibility index (Phi) is 3.78. The first-order valence-electron chi connectivity index (χ1n) is 7.95. The number of thiazole rings is 1. The molecule has 24 heavy (non-hydrogen) atoms. The highest BCUT2D eigenvalue weighted by Gasteiger charge is 2.27. The number of para-hydroxylation sites is 1. The molecule has 4 nitrogen and oxygen atoms in total. The molecule has 4 rings (SSSR count). The van der Waals surface area contributed by atoms with E-state index in [1.807, 2.05) is 53.4 Å². The molecule has 0 radical (unpaired) electrons. The summed E-state index contributed by atoms with van der Waals surface area (Å²) in [7, 11) is 0. The summed E-state index contributed by atoms with van der Waals surface area (Å²) in [6, 6.07) is 17.8. The molecule has 1 aliphatic rings. The number of hydrogen-bond donors (Lipinski definition) is 1. The average Bonchev–Trinajstić information content (AvgIpc) is 3.03. The summed E-state index contributed by atoms with van der Waals surface area (Å²) in [5.74, 6) is -0.0183. The van der Waals surface area contributed by atoms with Crippen LogP contribution in [0.2, 0.25) is 0 Å². The van der Waals surface area contributed by atoms with Crippen molar-refractivity contribution in [3.63, 3.8) is 0 Å². The van der Waals surface area contributed by atoms with Crippen LogP contribution >= 0.6 is 11.3 Å². The van der Waals surface area contributed by atoms with Crippen molar-refractivity contribution >= 4 is 28.1 Å². The third-order valence-electron chi connectivity index (χ3n) is 4.24. The summed E-state index contributed by atoms with van der Waals surface area (Å²) in [6.07, 6.45) is 1.98. The number of rotatable bonds is 2. The second-order valence-corrected chi connectivity index (χ2v) is 6.82. The summed E-state index contributed by atoms with van der Waals surface area (Å²) in [4.78, 5) is 20.1. The summed E-state index contributed by atoms with van der Waals surface area (Å²) in [5.41, 5.74) is 9.72. The average molecular weight is 335 g/mol. The van der Waals surface area contributed by atoms with Gasteiger partial charge in [-0.05, 0) is 24.5 Å². The van der Waals surface area contributed by atoms with Gasteiger partial charge in [-0.3, -0.25) is 4.79 Å². The Morgan fingerprint density at radius 2 is 1.83 bits per heavy atom. The van der Waals surface area contributed by atoms with Crippen LogP contribution in [0.5, 0.6) is 0 Å². The molecule has 0 spiro atoms. The molecule has 2 aromatic carbocycles. The first-order chi connectivity index (χ1) is 11.7. The highest BCUT2D eigenvalue weighted by molar-refractivity contribution is 7.17. The Balaban J connectivity index is 1.77. The van der Waals surface area contributed by atoms with Crippen molar-refractivity contribution in [2.24, 2.45) is 0 Å². The van der Waals surface area contributed by atoms with Crippen LogP contribution in [0.3, 0.4) is 0 Å². The number of nitrogens with zero attached hydrogens (tertiary/aromatic N) is 2.